The van der Waals surface area contributed by atoms with E-state index in [9.17, 15) is 18.3 Å². The molecule has 1 aromatic carbocycles. The summed E-state index contributed by atoms with van der Waals surface area (Å²) in [4.78, 5) is 4.11. The summed E-state index contributed by atoms with van der Waals surface area (Å²) in [7, 11) is 0. The highest BCUT2D eigenvalue weighted by Gasteiger charge is 2.30. The largest absolute Gasteiger partial charge is 0.573 e. The second-order valence-electron chi connectivity index (χ2n) is 4.57. The molecule has 0 saturated carbocycles. The fourth-order valence-corrected chi connectivity index (χ4v) is 1.93. The van der Waals surface area contributed by atoms with E-state index in [2.05, 4.69) is 9.72 Å². The third-order valence-corrected chi connectivity index (χ3v) is 2.80. The lowest BCUT2D eigenvalue weighted by molar-refractivity contribution is -0.274. The Labute approximate surface area is 120 Å². The smallest absolute Gasteiger partial charge is 0.406 e. The van der Waals surface area contributed by atoms with Crippen molar-refractivity contribution in [2.24, 2.45) is 0 Å². The molecule has 2 aromatic rings. The lowest BCUT2D eigenvalue weighted by Crippen LogP contribution is -2.17. The summed E-state index contributed by atoms with van der Waals surface area (Å²) >= 11 is 0. The van der Waals surface area contributed by atoms with Gasteiger partial charge >= 0.3 is 6.36 Å². The predicted molar refractivity (Wildman–Crippen MR) is 70.8 cm³/mol. The fourth-order valence-electron chi connectivity index (χ4n) is 1.93. The van der Waals surface area contributed by atoms with Gasteiger partial charge in [-0.25, -0.2) is 0 Å². The summed E-state index contributed by atoms with van der Waals surface area (Å²) in [6, 6.07) is 10.9. The van der Waals surface area contributed by atoms with Crippen LogP contribution in [0.5, 0.6) is 5.75 Å². The maximum absolute atomic E-state index is 12.0. The van der Waals surface area contributed by atoms with Gasteiger partial charge in [0.05, 0.1) is 6.10 Å². The Balaban J connectivity index is 1.91. The second-order valence-corrected chi connectivity index (χ2v) is 4.57. The number of rotatable bonds is 5. The molecule has 0 saturated heterocycles. The van der Waals surface area contributed by atoms with Crippen LogP contribution in [0.2, 0.25) is 0 Å². The lowest BCUT2D eigenvalue weighted by atomic mass is 10.0. The summed E-state index contributed by atoms with van der Waals surface area (Å²) in [6.45, 7) is 0. The van der Waals surface area contributed by atoms with Crippen molar-refractivity contribution in [1.82, 2.24) is 4.98 Å². The Morgan fingerprint density at radius 1 is 1.05 bits per heavy atom. The second kappa shape index (κ2) is 6.58. The first-order chi connectivity index (χ1) is 9.92. The summed E-state index contributed by atoms with van der Waals surface area (Å²) in [5.41, 5.74) is 1.50. The van der Waals surface area contributed by atoms with Crippen LogP contribution >= 0.6 is 0 Å². The standard InChI is InChI=1S/C15H14F3NO2/c16-15(17,18)21-14-6-4-11(5-7-14)9-13(20)10-12-3-1-2-8-19-12/h1-8,13,20H,9-10H2. The van der Waals surface area contributed by atoms with Crippen molar-refractivity contribution in [3.8, 4) is 5.75 Å². The minimum Gasteiger partial charge on any atom is -0.406 e. The molecule has 0 aliphatic rings. The summed E-state index contributed by atoms with van der Waals surface area (Å²) in [5.74, 6) is -0.273. The minimum atomic E-state index is -4.69. The Hall–Kier alpha value is -2.08. The molecule has 1 aromatic heterocycles. The maximum Gasteiger partial charge on any atom is 0.573 e. The van der Waals surface area contributed by atoms with Crippen LogP contribution < -0.4 is 4.74 Å². The van der Waals surface area contributed by atoms with Gasteiger partial charge in [-0.3, -0.25) is 4.98 Å². The monoisotopic (exact) mass is 297 g/mol. The van der Waals surface area contributed by atoms with Crippen molar-refractivity contribution in [2.45, 2.75) is 25.3 Å². The number of alkyl halides is 3. The van der Waals surface area contributed by atoms with Crippen molar-refractivity contribution >= 4 is 0 Å². The zero-order chi connectivity index (χ0) is 15.3. The van der Waals surface area contributed by atoms with Crippen molar-refractivity contribution < 1.29 is 23.0 Å². The molecule has 1 atom stereocenters. The number of pyridine rings is 1. The van der Waals surface area contributed by atoms with E-state index in [4.69, 9.17) is 0 Å². The van der Waals surface area contributed by atoms with E-state index < -0.39 is 12.5 Å². The van der Waals surface area contributed by atoms with E-state index in [0.717, 1.165) is 11.3 Å². The quantitative estimate of drug-likeness (QED) is 0.922. The van der Waals surface area contributed by atoms with E-state index in [-0.39, 0.29) is 5.75 Å². The zero-order valence-electron chi connectivity index (χ0n) is 11.0. The van der Waals surface area contributed by atoms with Gasteiger partial charge in [0.15, 0.2) is 0 Å². The number of aliphatic hydroxyl groups is 1. The molecule has 6 heteroatoms. The molecular weight excluding hydrogens is 283 g/mol. The molecule has 0 spiro atoms. The Kier molecular flexibility index (Phi) is 4.80. The lowest BCUT2D eigenvalue weighted by Gasteiger charge is -2.12. The van der Waals surface area contributed by atoms with E-state index in [1.165, 1.54) is 24.3 Å². The minimum absolute atomic E-state index is 0.273. The molecular formula is C15H14F3NO2. The molecule has 2 rings (SSSR count). The first-order valence-electron chi connectivity index (χ1n) is 6.35. The van der Waals surface area contributed by atoms with Crippen LogP contribution in [0.3, 0.4) is 0 Å². The summed E-state index contributed by atoms with van der Waals surface area (Å²) in [5, 5.41) is 9.96. The Morgan fingerprint density at radius 2 is 1.76 bits per heavy atom. The van der Waals surface area contributed by atoms with E-state index in [1.54, 1.807) is 12.3 Å². The number of hydrogen-bond acceptors (Lipinski definition) is 3. The molecule has 0 fully saturated rings. The van der Waals surface area contributed by atoms with Gasteiger partial charge in [0, 0.05) is 18.3 Å². The third-order valence-electron chi connectivity index (χ3n) is 2.80. The molecule has 0 amide bonds. The maximum atomic E-state index is 12.0. The SMILES string of the molecule is OC(Cc1ccc(OC(F)(F)F)cc1)Cc1ccccn1. The summed E-state index contributed by atoms with van der Waals surface area (Å²) < 4.78 is 39.9. The molecule has 1 heterocycles. The average Bonchev–Trinajstić information content (AvgIpc) is 2.40. The topological polar surface area (TPSA) is 42.4 Å². The molecule has 1 N–H and O–H groups in total. The van der Waals surface area contributed by atoms with Gasteiger partial charge in [0.2, 0.25) is 0 Å². The van der Waals surface area contributed by atoms with Gasteiger partial charge in [0.1, 0.15) is 5.75 Å². The number of aromatic nitrogens is 1. The molecule has 3 nitrogen and oxygen atoms in total. The van der Waals surface area contributed by atoms with Crippen molar-refractivity contribution in [3.05, 3.63) is 59.9 Å². The van der Waals surface area contributed by atoms with Crippen LogP contribution in [0.15, 0.2) is 48.7 Å². The number of aliphatic hydroxyl groups excluding tert-OH is 1. The van der Waals surface area contributed by atoms with E-state index >= 15 is 0 Å². The molecule has 112 valence electrons. The first kappa shape index (κ1) is 15.3. The van der Waals surface area contributed by atoms with Crippen LogP contribution in [0.1, 0.15) is 11.3 Å². The van der Waals surface area contributed by atoms with Crippen LogP contribution in [-0.2, 0) is 12.8 Å². The molecule has 1 unspecified atom stereocenters. The van der Waals surface area contributed by atoms with Gasteiger partial charge in [-0.1, -0.05) is 18.2 Å². The number of nitrogens with zero attached hydrogens (tertiary/aromatic N) is 1. The van der Waals surface area contributed by atoms with Crippen molar-refractivity contribution in [1.29, 1.82) is 0 Å². The molecule has 21 heavy (non-hydrogen) atoms. The number of benzene rings is 1. The predicted octanol–water partition coefficient (Wildman–Crippen LogP) is 3.13. The van der Waals surface area contributed by atoms with Crippen LogP contribution in [0.25, 0.3) is 0 Å². The number of ether oxygens (including phenoxy) is 1. The Morgan fingerprint density at radius 3 is 2.33 bits per heavy atom. The molecule has 0 aliphatic carbocycles. The first-order valence-corrected chi connectivity index (χ1v) is 6.35. The molecule has 0 aliphatic heterocycles. The fraction of sp³-hybridized carbons (Fsp3) is 0.267. The normalized spacial score (nSPS) is 13.0. The van der Waals surface area contributed by atoms with Gasteiger partial charge in [-0.2, -0.15) is 0 Å². The number of hydrogen-bond donors (Lipinski definition) is 1. The zero-order valence-corrected chi connectivity index (χ0v) is 11.0. The van der Waals surface area contributed by atoms with Crippen molar-refractivity contribution in [2.75, 3.05) is 0 Å². The highest BCUT2D eigenvalue weighted by Crippen LogP contribution is 2.23. The highest BCUT2D eigenvalue weighted by molar-refractivity contribution is 5.28. The van der Waals surface area contributed by atoms with Crippen LogP contribution in [0, 0.1) is 0 Å². The molecule has 0 radical (unpaired) electrons. The van der Waals surface area contributed by atoms with E-state index in [0.29, 0.717) is 12.8 Å². The van der Waals surface area contributed by atoms with Crippen LogP contribution in [-0.4, -0.2) is 22.6 Å². The van der Waals surface area contributed by atoms with Gasteiger partial charge < -0.3 is 9.84 Å². The van der Waals surface area contributed by atoms with Gasteiger partial charge in [0.25, 0.3) is 0 Å². The number of halogens is 3. The van der Waals surface area contributed by atoms with Crippen molar-refractivity contribution in [3.63, 3.8) is 0 Å². The third kappa shape index (κ3) is 5.43. The summed E-state index contributed by atoms with van der Waals surface area (Å²) in [6.07, 6.45) is -2.97. The Bertz CT molecular complexity index is 555. The van der Waals surface area contributed by atoms with E-state index in [1.807, 2.05) is 12.1 Å². The average molecular weight is 297 g/mol. The molecule has 0 bridgehead atoms. The van der Waals surface area contributed by atoms with Crippen LogP contribution in [0.4, 0.5) is 13.2 Å². The van der Waals surface area contributed by atoms with Gasteiger partial charge in [-0.05, 0) is 36.2 Å². The van der Waals surface area contributed by atoms with Gasteiger partial charge in [-0.15, -0.1) is 13.2 Å². The highest BCUT2D eigenvalue weighted by atomic mass is 19.4.